The van der Waals surface area contributed by atoms with E-state index < -0.39 is 41.9 Å². The van der Waals surface area contributed by atoms with Crippen molar-refractivity contribution in [2.75, 3.05) is 19.8 Å². The Hall–Kier alpha value is -1.13. The van der Waals surface area contributed by atoms with Crippen LogP contribution in [0.5, 0.6) is 0 Å². The van der Waals surface area contributed by atoms with E-state index in [1.54, 1.807) is 0 Å². The molecule has 0 radical (unpaired) electrons. The zero-order valence-electron chi connectivity index (χ0n) is 9.42. The van der Waals surface area contributed by atoms with Crippen molar-refractivity contribution < 1.29 is 26.4 Å². The fourth-order valence-electron chi connectivity index (χ4n) is 1.62. The molecular formula is C9H9F3N2O3S2. The van der Waals surface area contributed by atoms with Crippen LogP contribution in [0, 0.1) is 0 Å². The SMILES string of the molecule is O=C1CN(S(=O)(=O)c2cccs2)CN1CC(F)(F)F. The second-order valence-corrected chi connectivity index (χ2v) is 7.01. The molecule has 10 heteroatoms. The van der Waals surface area contributed by atoms with Crippen LogP contribution < -0.4 is 0 Å². The second kappa shape index (κ2) is 4.76. The molecule has 1 saturated heterocycles. The lowest BCUT2D eigenvalue weighted by Gasteiger charge is -2.18. The van der Waals surface area contributed by atoms with Crippen LogP contribution in [0.15, 0.2) is 21.7 Å². The fraction of sp³-hybridized carbons (Fsp3) is 0.444. The Morgan fingerprint density at radius 2 is 2.05 bits per heavy atom. The molecule has 1 aromatic heterocycles. The summed E-state index contributed by atoms with van der Waals surface area (Å²) in [5.74, 6) is -0.850. The number of carbonyl (C=O) groups is 1. The number of sulfonamides is 1. The highest BCUT2D eigenvalue weighted by atomic mass is 32.2. The maximum absolute atomic E-state index is 12.2. The van der Waals surface area contributed by atoms with Crippen molar-refractivity contribution in [2.24, 2.45) is 0 Å². The van der Waals surface area contributed by atoms with E-state index in [9.17, 15) is 26.4 Å². The third kappa shape index (κ3) is 3.07. The van der Waals surface area contributed by atoms with Gasteiger partial charge in [0.25, 0.3) is 10.0 Å². The molecular weight excluding hydrogens is 305 g/mol. The van der Waals surface area contributed by atoms with Crippen molar-refractivity contribution >= 4 is 27.3 Å². The van der Waals surface area contributed by atoms with Gasteiger partial charge in [-0.15, -0.1) is 11.3 Å². The van der Waals surface area contributed by atoms with E-state index in [1.807, 2.05) is 0 Å². The molecule has 1 amide bonds. The number of hydrogen-bond donors (Lipinski definition) is 0. The van der Waals surface area contributed by atoms with Crippen LogP contribution in [0.4, 0.5) is 13.2 Å². The largest absolute Gasteiger partial charge is 0.406 e. The van der Waals surface area contributed by atoms with Gasteiger partial charge in [0, 0.05) is 0 Å². The van der Waals surface area contributed by atoms with Gasteiger partial charge in [0.05, 0.1) is 13.2 Å². The summed E-state index contributed by atoms with van der Waals surface area (Å²) in [5.41, 5.74) is 0. The molecule has 19 heavy (non-hydrogen) atoms. The normalized spacial score (nSPS) is 18.3. The number of alkyl halides is 3. The number of nitrogens with zero attached hydrogens (tertiary/aromatic N) is 2. The quantitative estimate of drug-likeness (QED) is 0.839. The molecule has 2 rings (SSSR count). The number of thiophene rings is 1. The van der Waals surface area contributed by atoms with Crippen molar-refractivity contribution in [1.82, 2.24) is 9.21 Å². The number of hydrogen-bond acceptors (Lipinski definition) is 4. The van der Waals surface area contributed by atoms with Crippen LogP contribution in [0.25, 0.3) is 0 Å². The van der Waals surface area contributed by atoms with Crippen LogP contribution in [-0.2, 0) is 14.8 Å². The van der Waals surface area contributed by atoms with Crippen molar-refractivity contribution in [3.05, 3.63) is 17.5 Å². The average Bonchev–Trinajstić information content (AvgIpc) is 2.87. The summed E-state index contributed by atoms with van der Waals surface area (Å²) in [7, 11) is -3.89. The summed E-state index contributed by atoms with van der Waals surface area (Å²) in [4.78, 5) is 11.9. The van der Waals surface area contributed by atoms with Gasteiger partial charge in [0.1, 0.15) is 10.8 Å². The molecule has 0 aromatic carbocycles. The molecule has 0 unspecified atom stereocenters. The standard InChI is InChI=1S/C9H9F3N2O3S2/c10-9(11,12)5-13-6-14(4-7(13)15)19(16,17)8-2-1-3-18-8/h1-3H,4-6H2. The lowest BCUT2D eigenvalue weighted by molar-refractivity contribution is -0.157. The monoisotopic (exact) mass is 314 g/mol. The Balaban J connectivity index is 2.16. The Labute approximate surface area is 111 Å². The number of halogens is 3. The highest BCUT2D eigenvalue weighted by molar-refractivity contribution is 7.91. The van der Waals surface area contributed by atoms with Crippen molar-refractivity contribution in [1.29, 1.82) is 0 Å². The molecule has 0 aliphatic carbocycles. The number of amides is 1. The minimum absolute atomic E-state index is 0.00848. The van der Waals surface area contributed by atoms with Gasteiger partial charge in [-0.25, -0.2) is 8.42 Å². The first-order valence-corrected chi connectivity index (χ1v) is 7.40. The van der Waals surface area contributed by atoms with Crippen LogP contribution in [0.1, 0.15) is 0 Å². The summed E-state index contributed by atoms with van der Waals surface area (Å²) >= 11 is 0.951. The predicted octanol–water partition coefficient (Wildman–Crippen LogP) is 1.10. The molecule has 0 atom stereocenters. The first-order valence-electron chi connectivity index (χ1n) is 5.08. The molecule has 0 bridgehead atoms. The van der Waals surface area contributed by atoms with E-state index in [4.69, 9.17) is 0 Å². The first-order chi connectivity index (χ1) is 8.70. The van der Waals surface area contributed by atoms with Gasteiger partial charge < -0.3 is 4.90 Å². The maximum atomic E-state index is 12.2. The van der Waals surface area contributed by atoms with Gasteiger partial charge in [-0.2, -0.15) is 17.5 Å². The number of carbonyl (C=O) groups excluding carboxylic acids is 1. The second-order valence-electron chi connectivity index (χ2n) is 3.90. The Morgan fingerprint density at radius 1 is 1.37 bits per heavy atom. The summed E-state index contributed by atoms with van der Waals surface area (Å²) < 4.78 is 61.5. The summed E-state index contributed by atoms with van der Waals surface area (Å²) in [6.07, 6.45) is -4.54. The van der Waals surface area contributed by atoms with Crippen LogP contribution in [-0.4, -0.2) is 49.5 Å². The average molecular weight is 314 g/mol. The van der Waals surface area contributed by atoms with Gasteiger partial charge in [-0.3, -0.25) is 4.79 Å². The van der Waals surface area contributed by atoms with Gasteiger partial charge in [-0.05, 0) is 11.4 Å². The Morgan fingerprint density at radius 3 is 2.58 bits per heavy atom. The molecule has 106 valence electrons. The van der Waals surface area contributed by atoms with Crippen LogP contribution in [0.2, 0.25) is 0 Å². The van der Waals surface area contributed by atoms with Crippen molar-refractivity contribution in [3.8, 4) is 0 Å². The zero-order chi connectivity index (χ0) is 14.3. The third-order valence-corrected chi connectivity index (χ3v) is 5.60. The highest BCUT2D eigenvalue weighted by Gasteiger charge is 2.41. The van der Waals surface area contributed by atoms with E-state index in [2.05, 4.69) is 0 Å². The van der Waals surface area contributed by atoms with E-state index in [-0.39, 0.29) is 4.21 Å². The Bertz CT molecular complexity index is 568. The number of rotatable bonds is 3. The van der Waals surface area contributed by atoms with E-state index >= 15 is 0 Å². The molecule has 1 aromatic rings. The van der Waals surface area contributed by atoms with Gasteiger partial charge in [0.2, 0.25) is 5.91 Å². The molecule has 0 saturated carbocycles. The lowest BCUT2D eigenvalue weighted by Crippen LogP contribution is -2.37. The predicted molar refractivity (Wildman–Crippen MR) is 60.8 cm³/mol. The molecule has 1 fully saturated rings. The van der Waals surface area contributed by atoms with E-state index in [1.165, 1.54) is 17.5 Å². The van der Waals surface area contributed by atoms with Crippen LogP contribution in [0.3, 0.4) is 0 Å². The third-order valence-electron chi connectivity index (χ3n) is 2.45. The topological polar surface area (TPSA) is 57.7 Å². The molecule has 0 spiro atoms. The summed E-state index contributed by atoms with van der Waals surface area (Å²) in [6.45, 7) is -2.57. The fourth-order valence-corrected chi connectivity index (χ4v) is 4.12. The van der Waals surface area contributed by atoms with Crippen molar-refractivity contribution in [2.45, 2.75) is 10.4 Å². The zero-order valence-corrected chi connectivity index (χ0v) is 11.1. The Kier molecular flexibility index (Phi) is 3.58. The molecule has 5 nitrogen and oxygen atoms in total. The van der Waals surface area contributed by atoms with Crippen molar-refractivity contribution in [3.63, 3.8) is 0 Å². The summed E-state index contributed by atoms with van der Waals surface area (Å²) in [5, 5.41) is 1.54. The van der Waals surface area contributed by atoms with Gasteiger partial charge in [0.15, 0.2) is 0 Å². The van der Waals surface area contributed by atoms with Gasteiger partial charge >= 0.3 is 6.18 Å². The first kappa shape index (κ1) is 14.3. The van der Waals surface area contributed by atoms with Crippen LogP contribution >= 0.6 is 11.3 Å². The van der Waals surface area contributed by atoms with E-state index in [0.29, 0.717) is 4.90 Å². The van der Waals surface area contributed by atoms with E-state index in [0.717, 1.165) is 15.6 Å². The van der Waals surface area contributed by atoms with Gasteiger partial charge in [-0.1, -0.05) is 6.07 Å². The molecule has 2 heterocycles. The minimum atomic E-state index is -4.54. The smallest absolute Gasteiger partial charge is 0.318 e. The molecule has 1 aliphatic rings. The molecule has 0 N–H and O–H groups in total. The summed E-state index contributed by atoms with van der Waals surface area (Å²) in [6, 6.07) is 2.86. The maximum Gasteiger partial charge on any atom is 0.406 e. The lowest BCUT2D eigenvalue weighted by atomic mass is 10.5. The minimum Gasteiger partial charge on any atom is -0.318 e. The molecule has 1 aliphatic heterocycles. The highest BCUT2D eigenvalue weighted by Crippen LogP contribution is 2.25.